The predicted molar refractivity (Wildman–Crippen MR) is 74.9 cm³/mol. The molecule has 1 aromatic carbocycles. The first kappa shape index (κ1) is 14.2. The maximum atomic E-state index is 12.2. The van der Waals surface area contributed by atoms with Gasteiger partial charge in [-0.25, -0.2) is 0 Å². The van der Waals surface area contributed by atoms with Crippen LogP contribution in [-0.2, 0) is 0 Å². The monoisotopic (exact) mass is 244 g/mol. The lowest BCUT2D eigenvalue weighted by molar-refractivity contribution is 0.103. The number of hydrogen-bond acceptors (Lipinski definition) is 2. The van der Waals surface area contributed by atoms with E-state index < -0.39 is 0 Å². The summed E-state index contributed by atoms with van der Waals surface area (Å²) in [4.78, 5) is 12.2. The SMILES string of the molecule is C=C(C(=O)c1cccc(C)c1)C(O)=C(CC)CC. The number of hydrogen-bond donors (Lipinski definition) is 1. The number of aryl methyl sites for hydroxylation is 1. The molecule has 0 saturated heterocycles. The van der Waals surface area contributed by atoms with Gasteiger partial charge in [-0.05, 0) is 31.4 Å². The number of benzene rings is 1. The van der Waals surface area contributed by atoms with Gasteiger partial charge in [-0.15, -0.1) is 0 Å². The summed E-state index contributed by atoms with van der Waals surface area (Å²) in [5.41, 5.74) is 2.63. The van der Waals surface area contributed by atoms with E-state index >= 15 is 0 Å². The molecule has 2 nitrogen and oxygen atoms in total. The Hall–Kier alpha value is -1.83. The van der Waals surface area contributed by atoms with Crippen LogP contribution < -0.4 is 0 Å². The summed E-state index contributed by atoms with van der Waals surface area (Å²) < 4.78 is 0. The smallest absolute Gasteiger partial charge is 0.196 e. The number of carbonyl (C=O) groups excluding carboxylic acids is 1. The second-order valence-electron chi connectivity index (χ2n) is 4.34. The lowest BCUT2D eigenvalue weighted by atomic mass is 9.98. The van der Waals surface area contributed by atoms with E-state index in [9.17, 15) is 9.90 Å². The van der Waals surface area contributed by atoms with Crippen LogP contribution >= 0.6 is 0 Å². The lowest BCUT2D eigenvalue weighted by Gasteiger charge is -2.09. The van der Waals surface area contributed by atoms with Crippen molar-refractivity contribution < 1.29 is 9.90 Å². The highest BCUT2D eigenvalue weighted by atomic mass is 16.3. The number of aliphatic hydroxyl groups is 1. The van der Waals surface area contributed by atoms with Gasteiger partial charge in [0.2, 0.25) is 0 Å². The Kier molecular flexibility index (Phi) is 4.90. The topological polar surface area (TPSA) is 37.3 Å². The Balaban J connectivity index is 3.05. The molecule has 1 N–H and O–H groups in total. The molecule has 0 bridgehead atoms. The molecule has 2 heteroatoms. The van der Waals surface area contributed by atoms with Crippen molar-refractivity contribution in [2.75, 3.05) is 0 Å². The molecule has 0 fully saturated rings. The third kappa shape index (κ3) is 3.10. The van der Waals surface area contributed by atoms with Crippen molar-refractivity contribution >= 4 is 5.78 Å². The second-order valence-corrected chi connectivity index (χ2v) is 4.34. The molecule has 0 aromatic heterocycles. The fraction of sp³-hybridized carbons (Fsp3) is 0.312. The average molecular weight is 244 g/mol. The van der Waals surface area contributed by atoms with Gasteiger partial charge in [-0.1, -0.05) is 44.2 Å². The van der Waals surface area contributed by atoms with E-state index in [-0.39, 0.29) is 17.1 Å². The summed E-state index contributed by atoms with van der Waals surface area (Å²) in [6.45, 7) is 9.56. The maximum absolute atomic E-state index is 12.2. The third-order valence-electron chi connectivity index (χ3n) is 3.03. The Labute approximate surface area is 109 Å². The largest absolute Gasteiger partial charge is 0.507 e. The van der Waals surface area contributed by atoms with Crippen LogP contribution in [0, 0.1) is 6.92 Å². The maximum Gasteiger partial charge on any atom is 0.196 e. The Morgan fingerprint density at radius 3 is 2.39 bits per heavy atom. The molecule has 0 aliphatic rings. The number of Topliss-reactive ketones (excluding diaryl/α,β-unsaturated/α-hetero) is 1. The molecule has 0 unspecified atom stereocenters. The lowest BCUT2D eigenvalue weighted by Crippen LogP contribution is -2.07. The third-order valence-corrected chi connectivity index (χ3v) is 3.03. The zero-order chi connectivity index (χ0) is 13.7. The Morgan fingerprint density at radius 2 is 1.89 bits per heavy atom. The van der Waals surface area contributed by atoms with Crippen LogP contribution in [0.1, 0.15) is 42.6 Å². The first-order valence-electron chi connectivity index (χ1n) is 6.22. The molecule has 0 aliphatic heterocycles. The van der Waals surface area contributed by atoms with Crippen LogP contribution in [0.4, 0.5) is 0 Å². The first-order chi connectivity index (χ1) is 8.51. The van der Waals surface area contributed by atoms with Crippen molar-refractivity contribution in [1.29, 1.82) is 0 Å². The first-order valence-corrected chi connectivity index (χ1v) is 6.22. The normalized spacial score (nSPS) is 9.94. The zero-order valence-electron chi connectivity index (χ0n) is 11.3. The van der Waals surface area contributed by atoms with Gasteiger partial charge in [0.1, 0.15) is 5.76 Å². The summed E-state index contributed by atoms with van der Waals surface area (Å²) >= 11 is 0. The molecular formula is C16H20O2. The molecule has 0 atom stereocenters. The molecule has 96 valence electrons. The van der Waals surface area contributed by atoms with Crippen LogP contribution in [0.5, 0.6) is 0 Å². The Bertz CT molecular complexity index is 490. The van der Waals surface area contributed by atoms with Gasteiger partial charge >= 0.3 is 0 Å². The molecule has 18 heavy (non-hydrogen) atoms. The van der Waals surface area contributed by atoms with Crippen molar-refractivity contribution in [3.05, 3.63) is 58.9 Å². The van der Waals surface area contributed by atoms with E-state index in [1.54, 1.807) is 12.1 Å². The van der Waals surface area contributed by atoms with Gasteiger partial charge in [-0.3, -0.25) is 4.79 Å². The average Bonchev–Trinajstić information content (AvgIpc) is 2.38. The van der Waals surface area contributed by atoms with Crippen LogP contribution in [0.25, 0.3) is 0 Å². The summed E-state index contributed by atoms with van der Waals surface area (Å²) in [6.07, 6.45) is 1.45. The van der Waals surface area contributed by atoms with Crippen molar-refractivity contribution in [3.63, 3.8) is 0 Å². The highest BCUT2D eigenvalue weighted by Crippen LogP contribution is 2.20. The van der Waals surface area contributed by atoms with Crippen molar-refractivity contribution in [2.24, 2.45) is 0 Å². The van der Waals surface area contributed by atoms with Gasteiger partial charge in [0, 0.05) is 5.56 Å². The van der Waals surface area contributed by atoms with Crippen LogP contribution in [0.15, 0.2) is 47.7 Å². The fourth-order valence-electron chi connectivity index (χ4n) is 1.87. The molecule has 0 heterocycles. The van der Waals surface area contributed by atoms with Crippen LogP contribution in [0.3, 0.4) is 0 Å². The second kappa shape index (κ2) is 6.20. The van der Waals surface area contributed by atoms with Crippen LogP contribution in [-0.4, -0.2) is 10.9 Å². The highest BCUT2D eigenvalue weighted by molar-refractivity contribution is 6.10. The summed E-state index contributed by atoms with van der Waals surface area (Å²) in [7, 11) is 0. The molecule has 0 aliphatic carbocycles. The molecule has 1 aromatic rings. The minimum absolute atomic E-state index is 0.0477. The quantitative estimate of drug-likeness (QED) is 0.361. The molecule has 0 saturated carbocycles. The van der Waals surface area contributed by atoms with Gasteiger partial charge in [0.25, 0.3) is 0 Å². The standard InChI is InChI=1S/C16H20O2/c1-5-13(6-2)15(17)12(4)16(18)14-9-7-8-11(3)10-14/h7-10,17H,4-6H2,1-3H3. The van der Waals surface area contributed by atoms with Crippen molar-refractivity contribution in [3.8, 4) is 0 Å². The molecule has 0 radical (unpaired) electrons. The predicted octanol–water partition coefficient (Wildman–Crippen LogP) is 4.37. The van der Waals surface area contributed by atoms with Crippen molar-refractivity contribution in [2.45, 2.75) is 33.6 Å². The van der Waals surface area contributed by atoms with E-state index in [1.165, 1.54) is 0 Å². The van der Waals surface area contributed by atoms with E-state index in [4.69, 9.17) is 0 Å². The van der Waals surface area contributed by atoms with Gasteiger partial charge in [-0.2, -0.15) is 0 Å². The number of aliphatic hydroxyl groups excluding tert-OH is 1. The number of rotatable bonds is 5. The fourth-order valence-corrected chi connectivity index (χ4v) is 1.87. The number of carbonyl (C=O) groups is 1. The van der Waals surface area contributed by atoms with E-state index in [0.29, 0.717) is 5.56 Å². The zero-order valence-corrected chi connectivity index (χ0v) is 11.3. The van der Waals surface area contributed by atoms with Gasteiger partial charge in [0.15, 0.2) is 5.78 Å². The summed E-state index contributed by atoms with van der Waals surface area (Å²) in [5, 5.41) is 10.0. The summed E-state index contributed by atoms with van der Waals surface area (Å²) in [5.74, 6) is -0.165. The highest BCUT2D eigenvalue weighted by Gasteiger charge is 2.16. The van der Waals surface area contributed by atoms with E-state index in [2.05, 4.69) is 6.58 Å². The number of ketones is 1. The summed E-state index contributed by atoms with van der Waals surface area (Å²) in [6, 6.07) is 7.31. The Morgan fingerprint density at radius 1 is 1.28 bits per heavy atom. The van der Waals surface area contributed by atoms with E-state index in [0.717, 1.165) is 24.0 Å². The van der Waals surface area contributed by atoms with E-state index in [1.807, 2.05) is 32.9 Å². The molecule has 0 amide bonds. The minimum Gasteiger partial charge on any atom is -0.507 e. The molecule has 1 rings (SSSR count). The van der Waals surface area contributed by atoms with Crippen LogP contribution in [0.2, 0.25) is 0 Å². The number of allylic oxidation sites excluding steroid dienone is 2. The van der Waals surface area contributed by atoms with Gasteiger partial charge in [0.05, 0.1) is 5.57 Å². The van der Waals surface area contributed by atoms with Crippen molar-refractivity contribution in [1.82, 2.24) is 0 Å². The van der Waals surface area contributed by atoms with Gasteiger partial charge < -0.3 is 5.11 Å². The molecular weight excluding hydrogens is 224 g/mol. The minimum atomic E-state index is -0.212. The molecule has 0 spiro atoms.